The Morgan fingerprint density at radius 2 is 1.62 bits per heavy atom. The summed E-state index contributed by atoms with van der Waals surface area (Å²) >= 11 is 0. The van der Waals surface area contributed by atoms with Crippen LogP contribution in [0.1, 0.15) is 50.9 Å². The number of aliphatic hydroxyl groups is 1. The van der Waals surface area contributed by atoms with E-state index in [4.69, 9.17) is 5.11 Å². The zero-order valence-electron chi connectivity index (χ0n) is 19.8. The van der Waals surface area contributed by atoms with E-state index in [1.54, 1.807) is 13.8 Å². The fourth-order valence-corrected chi connectivity index (χ4v) is 4.69. The predicted octanol–water partition coefficient (Wildman–Crippen LogP) is 3.05. The van der Waals surface area contributed by atoms with Crippen molar-refractivity contribution in [2.24, 2.45) is 5.92 Å². The molecule has 34 heavy (non-hydrogen) atoms. The lowest BCUT2D eigenvalue weighted by atomic mass is 10.0. The summed E-state index contributed by atoms with van der Waals surface area (Å²) in [5, 5.41) is 14.5. The molecular formula is C24H32FN3O5S. The van der Waals surface area contributed by atoms with Crippen molar-refractivity contribution in [3.63, 3.8) is 0 Å². The highest BCUT2D eigenvalue weighted by Crippen LogP contribution is 2.19. The van der Waals surface area contributed by atoms with Crippen LogP contribution in [0.15, 0.2) is 53.4 Å². The van der Waals surface area contributed by atoms with Crippen LogP contribution < -0.4 is 15.4 Å². The second-order valence-electron chi connectivity index (χ2n) is 9.14. The zero-order valence-corrected chi connectivity index (χ0v) is 20.6. The molecule has 0 aromatic heterocycles. The summed E-state index contributed by atoms with van der Waals surface area (Å²) in [7, 11) is -3.82. The monoisotopic (exact) mass is 493 g/mol. The van der Waals surface area contributed by atoms with E-state index < -0.39 is 39.2 Å². The molecule has 4 N–H and O–H groups in total. The number of sulfonamides is 1. The zero-order chi connectivity index (χ0) is 25.5. The fourth-order valence-electron chi connectivity index (χ4n) is 3.25. The molecule has 1 atom stereocenters. The van der Waals surface area contributed by atoms with Gasteiger partial charge in [0.25, 0.3) is 5.91 Å². The first kappa shape index (κ1) is 27.4. The molecule has 0 heterocycles. The Hall–Kier alpha value is -2.82. The maximum atomic E-state index is 13.1. The van der Waals surface area contributed by atoms with Gasteiger partial charge in [0.1, 0.15) is 11.9 Å². The first-order chi connectivity index (χ1) is 15.8. The molecule has 0 spiro atoms. The Morgan fingerprint density at radius 1 is 1.03 bits per heavy atom. The molecule has 0 aliphatic carbocycles. The van der Waals surface area contributed by atoms with Crippen LogP contribution in [0.4, 0.5) is 10.1 Å². The second-order valence-corrected chi connectivity index (χ2v) is 10.8. The number of hydrogen-bond acceptors (Lipinski definition) is 5. The van der Waals surface area contributed by atoms with Gasteiger partial charge in [0.05, 0.1) is 4.90 Å². The lowest BCUT2D eigenvalue weighted by Crippen LogP contribution is -2.44. The minimum absolute atomic E-state index is 0.0138. The minimum atomic E-state index is -3.82. The number of aliphatic hydroxyl groups excluding tert-OH is 1. The average molecular weight is 494 g/mol. The van der Waals surface area contributed by atoms with E-state index in [0.717, 1.165) is 0 Å². The second kappa shape index (κ2) is 11.5. The summed E-state index contributed by atoms with van der Waals surface area (Å²) in [6.07, 6.45) is 0.621. The molecule has 0 saturated heterocycles. The maximum absolute atomic E-state index is 13.1. The number of nitrogens with one attached hydrogen (secondary N) is 3. The molecule has 0 aliphatic rings. The SMILES string of the molecule is CC(C)C[C@@H](NC(=O)c1ccc(F)cc1)C(=O)Nc1ccc(S(=O)(=O)NC(C)(C)CCO)cc1. The highest BCUT2D eigenvalue weighted by molar-refractivity contribution is 7.89. The van der Waals surface area contributed by atoms with Gasteiger partial charge in [-0.2, -0.15) is 0 Å². The van der Waals surface area contributed by atoms with Crippen molar-refractivity contribution in [3.05, 3.63) is 59.9 Å². The first-order valence-electron chi connectivity index (χ1n) is 10.9. The maximum Gasteiger partial charge on any atom is 0.251 e. The first-order valence-corrected chi connectivity index (χ1v) is 12.4. The minimum Gasteiger partial charge on any atom is -0.396 e. The van der Waals surface area contributed by atoms with E-state index in [0.29, 0.717) is 12.1 Å². The van der Waals surface area contributed by atoms with Gasteiger partial charge in [-0.15, -0.1) is 0 Å². The average Bonchev–Trinajstić information content (AvgIpc) is 2.73. The summed E-state index contributed by atoms with van der Waals surface area (Å²) in [4.78, 5) is 25.4. The molecule has 0 saturated carbocycles. The number of benzene rings is 2. The standard InChI is InChI=1S/C24H32FN3O5S/c1-16(2)15-21(27-22(30)17-5-7-18(25)8-6-17)23(31)26-19-9-11-20(12-10-19)34(32,33)28-24(3,4)13-14-29/h5-12,16,21,28-29H,13-15H2,1-4H3,(H,26,31)(H,27,30)/t21-/m1/s1. The van der Waals surface area contributed by atoms with Gasteiger partial charge in [-0.25, -0.2) is 17.5 Å². The number of rotatable bonds is 11. The lowest BCUT2D eigenvalue weighted by molar-refractivity contribution is -0.118. The van der Waals surface area contributed by atoms with Crippen molar-refractivity contribution in [3.8, 4) is 0 Å². The molecule has 0 fully saturated rings. The van der Waals surface area contributed by atoms with Crippen LogP contribution in [0.25, 0.3) is 0 Å². The van der Waals surface area contributed by atoms with Crippen LogP contribution in [0.3, 0.4) is 0 Å². The van der Waals surface area contributed by atoms with E-state index in [-0.39, 0.29) is 29.4 Å². The van der Waals surface area contributed by atoms with Crippen LogP contribution in [-0.2, 0) is 14.8 Å². The molecule has 2 aromatic carbocycles. The van der Waals surface area contributed by atoms with E-state index in [9.17, 15) is 22.4 Å². The van der Waals surface area contributed by atoms with Crippen molar-refractivity contribution in [2.45, 2.75) is 57.0 Å². The van der Waals surface area contributed by atoms with Crippen molar-refractivity contribution >= 4 is 27.5 Å². The van der Waals surface area contributed by atoms with Crippen LogP contribution in [0.2, 0.25) is 0 Å². The summed E-state index contributed by atoms with van der Waals surface area (Å²) in [5.74, 6) is -1.32. The van der Waals surface area contributed by atoms with E-state index in [2.05, 4.69) is 15.4 Å². The van der Waals surface area contributed by atoms with Crippen LogP contribution in [0.5, 0.6) is 0 Å². The molecule has 2 rings (SSSR count). The van der Waals surface area contributed by atoms with Gasteiger partial charge in [-0.1, -0.05) is 13.8 Å². The summed E-state index contributed by atoms with van der Waals surface area (Å²) < 4.78 is 40.9. The van der Waals surface area contributed by atoms with Gasteiger partial charge >= 0.3 is 0 Å². The smallest absolute Gasteiger partial charge is 0.251 e. The molecule has 10 heteroatoms. The predicted molar refractivity (Wildman–Crippen MR) is 128 cm³/mol. The van der Waals surface area contributed by atoms with Gasteiger partial charge in [0.2, 0.25) is 15.9 Å². The van der Waals surface area contributed by atoms with Crippen molar-refractivity contribution < 1.29 is 27.5 Å². The highest BCUT2D eigenvalue weighted by atomic mass is 32.2. The Morgan fingerprint density at radius 3 is 2.15 bits per heavy atom. The molecule has 0 bridgehead atoms. The molecule has 0 unspecified atom stereocenters. The van der Waals surface area contributed by atoms with Gasteiger partial charge in [-0.05, 0) is 81.1 Å². The number of carbonyl (C=O) groups is 2. The third-order valence-electron chi connectivity index (χ3n) is 5.01. The number of anilines is 1. The molecule has 186 valence electrons. The van der Waals surface area contributed by atoms with Crippen molar-refractivity contribution in [1.29, 1.82) is 0 Å². The van der Waals surface area contributed by atoms with Crippen molar-refractivity contribution in [1.82, 2.24) is 10.0 Å². The van der Waals surface area contributed by atoms with E-state index >= 15 is 0 Å². The largest absolute Gasteiger partial charge is 0.396 e. The lowest BCUT2D eigenvalue weighted by Gasteiger charge is -2.25. The molecule has 0 radical (unpaired) electrons. The van der Waals surface area contributed by atoms with Crippen LogP contribution in [-0.4, -0.2) is 43.5 Å². The Kier molecular flexibility index (Phi) is 9.31. The number of amides is 2. The summed E-state index contributed by atoms with van der Waals surface area (Å²) in [5.41, 5.74) is -0.231. The third kappa shape index (κ3) is 8.19. The number of carbonyl (C=O) groups excluding carboxylic acids is 2. The highest BCUT2D eigenvalue weighted by Gasteiger charge is 2.26. The quantitative estimate of drug-likeness (QED) is 0.383. The Bertz CT molecular complexity index is 1080. The molecule has 8 nitrogen and oxygen atoms in total. The molecule has 0 aliphatic heterocycles. The summed E-state index contributed by atoms with van der Waals surface area (Å²) in [6, 6.07) is 9.81. The summed E-state index contributed by atoms with van der Waals surface area (Å²) in [6.45, 7) is 7.01. The topological polar surface area (TPSA) is 125 Å². The van der Waals surface area contributed by atoms with E-state index in [1.165, 1.54) is 48.5 Å². The van der Waals surface area contributed by atoms with Gasteiger partial charge in [0, 0.05) is 23.4 Å². The fraction of sp³-hybridized carbons (Fsp3) is 0.417. The third-order valence-corrected chi connectivity index (χ3v) is 6.73. The van der Waals surface area contributed by atoms with Crippen molar-refractivity contribution in [2.75, 3.05) is 11.9 Å². The van der Waals surface area contributed by atoms with Crippen LogP contribution in [0, 0.1) is 11.7 Å². The van der Waals surface area contributed by atoms with Gasteiger partial charge in [-0.3, -0.25) is 9.59 Å². The Balaban J connectivity index is 2.11. The number of hydrogen-bond donors (Lipinski definition) is 4. The van der Waals surface area contributed by atoms with Gasteiger partial charge in [0.15, 0.2) is 0 Å². The number of halogens is 1. The molecule has 2 amide bonds. The molecule has 2 aromatic rings. The molecular weight excluding hydrogens is 461 g/mol. The Labute approximate surface area is 200 Å². The van der Waals surface area contributed by atoms with Gasteiger partial charge < -0.3 is 15.7 Å². The van der Waals surface area contributed by atoms with Crippen LogP contribution >= 0.6 is 0 Å². The van der Waals surface area contributed by atoms with E-state index in [1.807, 2.05) is 13.8 Å². The normalized spacial score (nSPS) is 12.9.